The number of carbonyl (C=O) groups excluding carboxylic acids is 2. The van der Waals surface area contributed by atoms with E-state index in [1.807, 2.05) is 24.3 Å². The zero-order valence-electron chi connectivity index (χ0n) is 21.3. The van der Waals surface area contributed by atoms with Crippen molar-refractivity contribution >= 4 is 60.8 Å². The quantitative estimate of drug-likeness (QED) is 0.283. The fourth-order valence-electron chi connectivity index (χ4n) is 4.05. The Labute approximate surface area is 234 Å². The highest BCUT2D eigenvalue weighted by Crippen LogP contribution is 2.30. The van der Waals surface area contributed by atoms with Crippen molar-refractivity contribution in [1.29, 1.82) is 0 Å². The zero-order valence-corrected chi connectivity index (χ0v) is 23.7. The minimum atomic E-state index is -4.91. The van der Waals surface area contributed by atoms with E-state index in [-0.39, 0.29) is 36.0 Å². The number of benzene rings is 2. The van der Waals surface area contributed by atoms with Crippen LogP contribution in [0.4, 0.5) is 4.39 Å². The third-order valence-corrected chi connectivity index (χ3v) is 9.26. The van der Waals surface area contributed by atoms with Crippen LogP contribution in [0.25, 0.3) is 10.1 Å². The molecule has 1 heterocycles. The van der Waals surface area contributed by atoms with Crippen molar-refractivity contribution in [2.75, 3.05) is 6.54 Å². The molecule has 0 spiro atoms. The molecule has 210 valence electrons. The van der Waals surface area contributed by atoms with Crippen LogP contribution in [0, 0.1) is 11.7 Å². The number of hydrogen-bond acceptors (Lipinski definition) is 7. The molecule has 0 radical (unpaired) electrons. The summed E-state index contributed by atoms with van der Waals surface area (Å²) in [5.41, 5.74) is 5.54. The summed E-state index contributed by atoms with van der Waals surface area (Å²) in [4.78, 5) is 39.1. The van der Waals surface area contributed by atoms with Crippen molar-refractivity contribution in [3.63, 3.8) is 0 Å². The summed E-state index contributed by atoms with van der Waals surface area (Å²) in [7, 11) is -4.91. The van der Waals surface area contributed by atoms with Crippen LogP contribution in [0.3, 0.4) is 0 Å². The van der Waals surface area contributed by atoms with Crippen molar-refractivity contribution in [3.05, 3.63) is 64.2 Å². The van der Waals surface area contributed by atoms with E-state index in [0.717, 1.165) is 28.3 Å². The van der Waals surface area contributed by atoms with Gasteiger partial charge in [-0.15, -0.1) is 11.3 Å². The van der Waals surface area contributed by atoms with Crippen LogP contribution < -0.4 is 11.1 Å². The molecule has 0 saturated carbocycles. The molecule has 0 saturated heterocycles. The van der Waals surface area contributed by atoms with Crippen LogP contribution in [0.15, 0.2) is 53.4 Å². The van der Waals surface area contributed by atoms with Gasteiger partial charge in [-0.1, -0.05) is 43.6 Å². The molecule has 2 amide bonds. The summed E-state index contributed by atoms with van der Waals surface area (Å²) in [6.45, 7) is 3.58. The summed E-state index contributed by atoms with van der Waals surface area (Å²) < 4.78 is 42.3. The van der Waals surface area contributed by atoms with E-state index in [1.165, 1.54) is 11.3 Å². The van der Waals surface area contributed by atoms with E-state index in [4.69, 9.17) is 17.3 Å². The second-order valence-electron chi connectivity index (χ2n) is 9.30. The molecule has 0 aliphatic carbocycles. The topological polar surface area (TPSA) is 147 Å². The first-order valence-corrected chi connectivity index (χ1v) is 14.8. The molecule has 0 bridgehead atoms. The number of rotatable bonds is 12. The molecule has 2 atom stereocenters. The number of nitrogens with one attached hydrogen (secondary N) is 1. The second kappa shape index (κ2) is 12.9. The number of nitrogens with two attached hydrogens (primary N) is 1. The van der Waals surface area contributed by atoms with E-state index in [2.05, 4.69) is 5.32 Å². The molecular weight excluding hydrogens is 569 g/mol. The van der Waals surface area contributed by atoms with Gasteiger partial charge < -0.3 is 16.2 Å². The Bertz CT molecular complexity index is 1440. The average molecular weight is 598 g/mol. The maximum Gasteiger partial charge on any atom is 0.327 e. The van der Waals surface area contributed by atoms with E-state index < -0.39 is 55.6 Å². The molecule has 0 aliphatic heterocycles. The number of aliphatic carboxylic acids is 1. The van der Waals surface area contributed by atoms with Crippen molar-refractivity contribution in [1.82, 2.24) is 9.62 Å². The monoisotopic (exact) mass is 597 g/mol. The summed E-state index contributed by atoms with van der Waals surface area (Å²) >= 11 is 7.22. The molecule has 2 aromatic carbocycles. The molecule has 13 heteroatoms. The fourth-order valence-corrected chi connectivity index (χ4v) is 7.13. The summed E-state index contributed by atoms with van der Waals surface area (Å²) in [6, 6.07) is 8.18. The van der Waals surface area contributed by atoms with Crippen molar-refractivity contribution in [3.8, 4) is 0 Å². The molecule has 0 fully saturated rings. The SMILES string of the molecule is CC(C)C[C@H](NC(=O)c1cc2ccccc2s1)C(=O)N([C@H](CCCN)C(=O)O)S(=O)(=O)c1ccc(F)cc1Cl. The van der Waals surface area contributed by atoms with Crippen LogP contribution in [0.5, 0.6) is 0 Å². The second-order valence-corrected chi connectivity index (χ2v) is 12.6. The fraction of sp³-hybridized carbons (Fsp3) is 0.346. The van der Waals surface area contributed by atoms with Crippen molar-refractivity contribution in [2.24, 2.45) is 11.7 Å². The Morgan fingerprint density at radius 1 is 1.15 bits per heavy atom. The van der Waals surface area contributed by atoms with Gasteiger partial charge in [0.15, 0.2) is 0 Å². The molecule has 3 aromatic rings. The minimum Gasteiger partial charge on any atom is -0.480 e. The smallest absolute Gasteiger partial charge is 0.327 e. The highest BCUT2D eigenvalue weighted by Gasteiger charge is 2.43. The molecule has 39 heavy (non-hydrogen) atoms. The molecule has 9 nitrogen and oxygen atoms in total. The van der Waals surface area contributed by atoms with Crippen LogP contribution in [-0.2, 0) is 19.6 Å². The number of halogens is 2. The number of amides is 2. The lowest BCUT2D eigenvalue weighted by Gasteiger charge is -2.32. The number of carboxylic acids is 1. The Morgan fingerprint density at radius 3 is 2.44 bits per heavy atom. The number of thiophene rings is 1. The third kappa shape index (κ3) is 7.13. The van der Waals surface area contributed by atoms with Gasteiger partial charge >= 0.3 is 5.97 Å². The highest BCUT2D eigenvalue weighted by atomic mass is 35.5. The third-order valence-electron chi connectivity index (χ3n) is 5.86. The Hall–Kier alpha value is -3.06. The predicted octanol–water partition coefficient (Wildman–Crippen LogP) is 4.25. The van der Waals surface area contributed by atoms with Gasteiger partial charge in [-0.3, -0.25) is 9.59 Å². The van der Waals surface area contributed by atoms with Crippen LogP contribution in [0.2, 0.25) is 5.02 Å². The first kappa shape index (κ1) is 30.5. The average Bonchev–Trinajstić information content (AvgIpc) is 3.29. The number of carboxylic acid groups (broad SMARTS) is 1. The predicted molar refractivity (Wildman–Crippen MR) is 148 cm³/mol. The Morgan fingerprint density at radius 2 is 1.85 bits per heavy atom. The van der Waals surface area contributed by atoms with Gasteiger partial charge in [0.1, 0.15) is 22.8 Å². The van der Waals surface area contributed by atoms with E-state index in [9.17, 15) is 32.3 Å². The molecule has 4 N–H and O–H groups in total. The number of fused-ring (bicyclic) bond motifs is 1. The minimum absolute atomic E-state index is 0.0157. The van der Waals surface area contributed by atoms with Gasteiger partial charge in [0.05, 0.1) is 9.90 Å². The Balaban J connectivity index is 2.08. The number of nitrogens with zero attached hydrogens (tertiary/aromatic N) is 1. The lowest BCUT2D eigenvalue weighted by Crippen LogP contribution is -2.56. The largest absolute Gasteiger partial charge is 0.480 e. The lowest BCUT2D eigenvalue weighted by molar-refractivity contribution is -0.147. The van der Waals surface area contributed by atoms with Gasteiger partial charge in [-0.25, -0.2) is 21.9 Å². The summed E-state index contributed by atoms with van der Waals surface area (Å²) in [6.07, 6.45) is -0.174. The summed E-state index contributed by atoms with van der Waals surface area (Å²) in [5, 5.41) is 12.9. The van der Waals surface area contributed by atoms with E-state index in [1.54, 1.807) is 19.9 Å². The lowest BCUT2D eigenvalue weighted by atomic mass is 10.0. The van der Waals surface area contributed by atoms with Crippen LogP contribution in [0.1, 0.15) is 42.8 Å². The van der Waals surface area contributed by atoms with E-state index in [0.29, 0.717) is 4.88 Å². The summed E-state index contributed by atoms with van der Waals surface area (Å²) in [5.74, 6) is -4.35. The van der Waals surface area contributed by atoms with E-state index >= 15 is 0 Å². The van der Waals surface area contributed by atoms with Crippen molar-refractivity contribution < 1.29 is 32.3 Å². The van der Waals surface area contributed by atoms with Gasteiger partial charge in [-0.05, 0) is 67.4 Å². The van der Waals surface area contributed by atoms with Gasteiger partial charge in [-0.2, -0.15) is 0 Å². The normalized spacial score (nSPS) is 13.3. The van der Waals surface area contributed by atoms with Crippen LogP contribution in [-0.4, -0.2) is 54.2 Å². The van der Waals surface area contributed by atoms with Crippen molar-refractivity contribution in [2.45, 2.75) is 50.1 Å². The first-order valence-electron chi connectivity index (χ1n) is 12.1. The number of sulfonamides is 1. The zero-order chi connectivity index (χ0) is 28.9. The molecule has 1 aromatic heterocycles. The van der Waals surface area contributed by atoms with Gasteiger partial charge in [0, 0.05) is 4.70 Å². The maximum atomic E-state index is 13.9. The molecule has 0 unspecified atom stereocenters. The molecular formula is C26H29ClFN3O6S2. The highest BCUT2D eigenvalue weighted by molar-refractivity contribution is 7.89. The molecule has 3 rings (SSSR count). The number of hydrogen-bond donors (Lipinski definition) is 3. The standard InChI is InChI=1S/C26H29ClFN3O6S2/c1-15(2)12-19(30-24(32)22-13-16-6-3-4-8-21(16)38-22)25(33)31(20(26(34)35)7-5-11-29)39(36,37)23-10-9-17(28)14-18(23)27/h3-4,6,8-10,13-15,19-20H,5,7,11-12,29H2,1-2H3,(H,30,32)(H,34,35)/t19-,20+/m0/s1. The Kier molecular flexibility index (Phi) is 10.1. The van der Waals surface area contributed by atoms with Gasteiger partial charge in [0.2, 0.25) is 0 Å². The first-order chi connectivity index (χ1) is 18.4. The van der Waals surface area contributed by atoms with Crippen LogP contribution >= 0.6 is 22.9 Å². The molecule has 0 aliphatic rings. The maximum absolute atomic E-state index is 13.9. The number of carbonyl (C=O) groups is 3. The van der Waals surface area contributed by atoms with Gasteiger partial charge in [0.25, 0.3) is 21.8 Å².